The first kappa shape index (κ1) is 36.4. The normalized spacial score (nSPS) is 12.6. The molecule has 0 spiro atoms. The maximum absolute atomic E-state index is 10.7. The van der Waals surface area contributed by atoms with Crippen LogP contribution in [-0.2, 0) is 23.9 Å². The average Bonchev–Trinajstić information content (AvgIpc) is 3.11. The Morgan fingerprint density at radius 1 is 0.714 bits per heavy atom. The van der Waals surface area contributed by atoms with E-state index in [2.05, 4.69) is 88.7 Å². The summed E-state index contributed by atoms with van der Waals surface area (Å²) in [5.41, 5.74) is 6.56. The number of nitriles is 2. The van der Waals surface area contributed by atoms with Gasteiger partial charge in [-0.15, -0.1) is 0 Å². The molecular formula is C42H43ClN6. The summed E-state index contributed by atoms with van der Waals surface area (Å²) in [6.07, 6.45) is 7.05. The van der Waals surface area contributed by atoms with Gasteiger partial charge in [-0.05, 0) is 108 Å². The quantitative estimate of drug-likeness (QED) is 0.0934. The van der Waals surface area contributed by atoms with Crippen LogP contribution in [0.1, 0.15) is 49.4 Å². The van der Waals surface area contributed by atoms with Gasteiger partial charge in [0.15, 0.2) is 0 Å². The van der Waals surface area contributed by atoms with Crippen molar-refractivity contribution in [2.75, 3.05) is 13.6 Å². The largest absolute Gasteiger partial charge is 0.361 e. The van der Waals surface area contributed by atoms with E-state index in [1.807, 2.05) is 75.2 Å². The summed E-state index contributed by atoms with van der Waals surface area (Å²) in [5.74, 6) is 0. The molecule has 6 nitrogen and oxygen atoms in total. The van der Waals surface area contributed by atoms with Crippen LogP contribution in [-0.4, -0.2) is 36.1 Å². The molecule has 0 amide bonds. The second-order valence-electron chi connectivity index (χ2n) is 12.9. The summed E-state index contributed by atoms with van der Waals surface area (Å²) in [6.45, 7) is 15.0. The maximum atomic E-state index is 10.7. The van der Waals surface area contributed by atoms with Crippen LogP contribution in [0.25, 0.3) is 22.3 Å². The molecule has 0 fully saturated rings. The zero-order chi connectivity index (χ0) is 35.4. The Hall–Kier alpha value is -5.43. The number of halogens is 1. The molecule has 4 aromatic carbocycles. The topological polar surface area (TPSA) is 78.8 Å². The molecule has 49 heavy (non-hydrogen) atoms. The highest BCUT2D eigenvalue weighted by molar-refractivity contribution is 6.30. The highest BCUT2D eigenvalue weighted by Gasteiger charge is 2.29. The van der Waals surface area contributed by atoms with Gasteiger partial charge in [0.25, 0.3) is 0 Å². The van der Waals surface area contributed by atoms with Crippen molar-refractivity contribution in [1.29, 1.82) is 10.5 Å². The van der Waals surface area contributed by atoms with E-state index in [0.29, 0.717) is 31.1 Å². The van der Waals surface area contributed by atoms with Crippen LogP contribution in [0.2, 0.25) is 5.02 Å². The van der Waals surface area contributed by atoms with Gasteiger partial charge in [0, 0.05) is 44.1 Å². The number of hydrogen-bond acceptors (Lipinski definition) is 4. The molecule has 248 valence electrons. The van der Waals surface area contributed by atoms with Gasteiger partial charge >= 0.3 is 0 Å². The summed E-state index contributed by atoms with van der Waals surface area (Å²) >= 11 is 6.39. The first-order chi connectivity index (χ1) is 23.5. The fourth-order valence-electron chi connectivity index (χ4n) is 5.62. The van der Waals surface area contributed by atoms with Crippen molar-refractivity contribution in [3.63, 3.8) is 0 Å². The molecular weight excluding hydrogens is 624 g/mol. The Balaban J connectivity index is 1.70. The fourth-order valence-corrected chi connectivity index (χ4v) is 5.81. The third kappa shape index (κ3) is 9.80. The minimum atomic E-state index is -0.822. The van der Waals surface area contributed by atoms with E-state index in [9.17, 15) is 10.5 Å². The van der Waals surface area contributed by atoms with Crippen molar-refractivity contribution >= 4 is 24.3 Å². The van der Waals surface area contributed by atoms with Gasteiger partial charge in [-0.2, -0.15) is 10.5 Å². The number of hydrogen-bond donors (Lipinski definition) is 0. The van der Waals surface area contributed by atoms with Crippen molar-refractivity contribution in [3.8, 4) is 34.4 Å². The smallest absolute Gasteiger partial charge is 0.0907 e. The van der Waals surface area contributed by atoms with Crippen LogP contribution in [0, 0.1) is 22.7 Å². The first-order valence-electron chi connectivity index (χ1n) is 16.2. The lowest BCUT2D eigenvalue weighted by atomic mass is 9.79. The zero-order valence-corrected chi connectivity index (χ0v) is 29.5. The molecule has 0 heterocycles. The van der Waals surface area contributed by atoms with Crippen LogP contribution in [0.5, 0.6) is 0 Å². The lowest BCUT2D eigenvalue weighted by molar-refractivity contribution is 0.376. The molecule has 1 unspecified atom stereocenters. The van der Waals surface area contributed by atoms with Gasteiger partial charge in [0.1, 0.15) is 0 Å². The molecule has 0 aromatic heterocycles. The average molecular weight is 667 g/mol. The Morgan fingerprint density at radius 2 is 1.33 bits per heavy atom. The second kappa shape index (κ2) is 16.6. The minimum Gasteiger partial charge on any atom is -0.361 e. The molecule has 0 N–H and O–H groups in total. The Bertz CT molecular complexity index is 1910. The highest BCUT2D eigenvalue weighted by atomic mass is 35.5. The lowest BCUT2D eigenvalue weighted by Gasteiger charge is -2.28. The summed E-state index contributed by atoms with van der Waals surface area (Å²) in [5, 5.41) is 21.3. The predicted molar refractivity (Wildman–Crippen MR) is 204 cm³/mol. The maximum Gasteiger partial charge on any atom is 0.0907 e. The number of benzene rings is 4. The van der Waals surface area contributed by atoms with E-state index in [0.717, 1.165) is 44.5 Å². The van der Waals surface area contributed by atoms with Crippen LogP contribution < -0.4 is 0 Å². The molecule has 0 aliphatic carbocycles. The van der Waals surface area contributed by atoms with Gasteiger partial charge in [-0.1, -0.05) is 79.4 Å². The van der Waals surface area contributed by atoms with E-state index in [-0.39, 0.29) is 0 Å². The van der Waals surface area contributed by atoms with Crippen molar-refractivity contribution in [3.05, 3.63) is 144 Å². The molecule has 0 aliphatic rings. The van der Waals surface area contributed by atoms with Gasteiger partial charge in [-0.25, -0.2) is 9.98 Å². The summed E-state index contributed by atoms with van der Waals surface area (Å²) in [7, 11) is 1.95. The van der Waals surface area contributed by atoms with Crippen molar-refractivity contribution in [2.45, 2.75) is 51.1 Å². The Morgan fingerprint density at radius 3 is 1.98 bits per heavy atom. The van der Waals surface area contributed by atoms with E-state index in [1.54, 1.807) is 12.7 Å². The minimum absolute atomic E-state index is 0.536. The van der Waals surface area contributed by atoms with Crippen LogP contribution >= 0.6 is 11.6 Å². The third-order valence-corrected chi connectivity index (χ3v) is 8.79. The van der Waals surface area contributed by atoms with Gasteiger partial charge < -0.3 is 9.80 Å². The number of nitrogens with zero attached hydrogens (tertiary/aromatic N) is 6. The number of aliphatic imine (C=N–C) groups is 2. The van der Waals surface area contributed by atoms with Crippen LogP contribution in [0.15, 0.2) is 127 Å². The molecule has 4 aromatic rings. The van der Waals surface area contributed by atoms with Gasteiger partial charge in [-0.3, -0.25) is 0 Å². The molecule has 1 atom stereocenters. The van der Waals surface area contributed by atoms with Crippen molar-refractivity contribution < 1.29 is 0 Å². The molecule has 0 radical (unpaired) electrons. The van der Waals surface area contributed by atoms with E-state index in [1.165, 1.54) is 12.4 Å². The fraction of sp³-hybridized carbons (Fsp3) is 0.238. The monoisotopic (exact) mass is 666 g/mol. The van der Waals surface area contributed by atoms with Crippen LogP contribution in [0.3, 0.4) is 0 Å². The van der Waals surface area contributed by atoms with E-state index < -0.39 is 10.8 Å². The molecule has 0 bridgehead atoms. The SMILES string of the molecule is C=CN=CN(C)Cc1cc(-c2cccc(Cl)c2)cc(C(C)(C#N)CCN(C=NC=C)Cc2cc(-c3ccccc3)cc(C(C)(C)C#N)c2)c1. The van der Waals surface area contributed by atoms with Crippen molar-refractivity contribution in [1.82, 2.24) is 9.80 Å². The zero-order valence-electron chi connectivity index (χ0n) is 28.8. The van der Waals surface area contributed by atoms with E-state index >= 15 is 0 Å². The Kier molecular flexibility index (Phi) is 12.3. The third-order valence-electron chi connectivity index (χ3n) is 8.56. The number of rotatable bonds is 15. The molecule has 0 aliphatic heterocycles. The molecule has 4 rings (SSSR count). The highest BCUT2D eigenvalue weighted by Crippen LogP contribution is 2.34. The lowest BCUT2D eigenvalue weighted by Crippen LogP contribution is -2.30. The summed E-state index contributed by atoms with van der Waals surface area (Å²) in [4.78, 5) is 12.6. The molecule has 0 saturated heterocycles. The molecule has 7 heteroatoms. The summed E-state index contributed by atoms with van der Waals surface area (Å²) < 4.78 is 0. The summed E-state index contributed by atoms with van der Waals surface area (Å²) in [6, 6.07) is 35.7. The van der Waals surface area contributed by atoms with Gasteiger partial charge in [0.05, 0.1) is 35.6 Å². The second-order valence-corrected chi connectivity index (χ2v) is 13.4. The van der Waals surface area contributed by atoms with Crippen LogP contribution in [0.4, 0.5) is 0 Å². The predicted octanol–water partition coefficient (Wildman–Crippen LogP) is 9.92. The van der Waals surface area contributed by atoms with Gasteiger partial charge in [0.2, 0.25) is 0 Å². The van der Waals surface area contributed by atoms with E-state index in [4.69, 9.17) is 11.6 Å². The Labute approximate surface area is 296 Å². The standard InChI is InChI=1S/C42H43ClN6/c1-7-46-30-48(6)26-32-19-37(35-15-12-16-40(43)25-35)24-39(22-32)42(5,29-45)17-18-49(31-47-8-2)27-33-20-36(34-13-10-9-11-14-34)23-38(21-33)41(3,4)28-44/h7-16,19-25,30-31H,1-2,17-18,26-27H2,3-6H3. The first-order valence-corrected chi connectivity index (χ1v) is 16.5. The van der Waals surface area contributed by atoms with Crippen molar-refractivity contribution in [2.24, 2.45) is 9.98 Å². The molecule has 0 saturated carbocycles.